The van der Waals surface area contributed by atoms with E-state index in [0.29, 0.717) is 0 Å². The molecule has 18 heavy (non-hydrogen) atoms. The molecule has 0 saturated heterocycles. The normalized spacial score (nSPS) is 9.89. The molecule has 98 valence electrons. The maximum Gasteiger partial charge on any atom is 0.0825 e. The fraction of sp³-hybridized carbons (Fsp3) is 0.357. The molecular weight excluding hydrogens is 246 g/mol. The molecule has 1 heterocycles. The van der Waals surface area contributed by atoms with Crippen LogP contribution in [0, 0.1) is 6.92 Å². The first kappa shape index (κ1) is 14.6. The van der Waals surface area contributed by atoms with Crippen molar-refractivity contribution in [3.63, 3.8) is 0 Å². The van der Waals surface area contributed by atoms with Gasteiger partial charge >= 0.3 is 0 Å². The Labute approximate surface area is 115 Å². The number of anilines is 1. The largest absolute Gasteiger partial charge is 0.378 e. The molecule has 0 aliphatic heterocycles. The van der Waals surface area contributed by atoms with E-state index in [0.717, 1.165) is 30.9 Å². The van der Waals surface area contributed by atoms with Crippen LogP contribution in [0.2, 0.25) is 0 Å². The summed E-state index contributed by atoms with van der Waals surface area (Å²) in [6.07, 6.45) is 3.20. The van der Waals surface area contributed by atoms with E-state index < -0.39 is 0 Å². The van der Waals surface area contributed by atoms with Gasteiger partial charge in [0.2, 0.25) is 0 Å². The Morgan fingerprint density at radius 3 is 2.61 bits per heavy atom. The molecular formula is C14H20ClN3. The number of benzene rings is 1. The Morgan fingerprint density at radius 2 is 1.94 bits per heavy atom. The van der Waals surface area contributed by atoms with Gasteiger partial charge in [0.1, 0.15) is 0 Å². The van der Waals surface area contributed by atoms with Crippen LogP contribution < -0.4 is 5.32 Å². The molecule has 0 atom stereocenters. The minimum absolute atomic E-state index is 0. The summed E-state index contributed by atoms with van der Waals surface area (Å²) in [5.41, 5.74) is 3.48. The van der Waals surface area contributed by atoms with Gasteiger partial charge in [-0.25, -0.2) is 0 Å². The Bertz CT molecular complexity index is 465. The van der Waals surface area contributed by atoms with Gasteiger partial charge in [-0.1, -0.05) is 37.3 Å². The van der Waals surface area contributed by atoms with Crippen molar-refractivity contribution >= 4 is 18.1 Å². The van der Waals surface area contributed by atoms with Crippen LogP contribution in [0.15, 0.2) is 36.5 Å². The molecule has 0 radical (unpaired) electrons. The smallest absolute Gasteiger partial charge is 0.0825 e. The number of aromatic nitrogens is 2. The average Bonchev–Trinajstić information content (AvgIpc) is 2.69. The zero-order valence-corrected chi connectivity index (χ0v) is 11.7. The van der Waals surface area contributed by atoms with Crippen molar-refractivity contribution in [2.45, 2.75) is 33.4 Å². The van der Waals surface area contributed by atoms with Crippen LogP contribution >= 0.6 is 12.4 Å². The SMILES string of the molecule is CCCn1cc(NCc2ccccc2)c(C)n1.Cl. The predicted molar refractivity (Wildman–Crippen MR) is 78.3 cm³/mol. The minimum atomic E-state index is 0. The van der Waals surface area contributed by atoms with E-state index in [1.165, 1.54) is 5.56 Å². The van der Waals surface area contributed by atoms with E-state index in [4.69, 9.17) is 0 Å². The number of hydrogen-bond acceptors (Lipinski definition) is 2. The zero-order valence-electron chi connectivity index (χ0n) is 10.9. The monoisotopic (exact) mass is 265 g/mol. The van der Waals surface area contributed by atoms with Gasteiger partial charge in [-0.2, -0.15) is 5.10 Å². The molecule has 1 aromatic carbocycles. The second-order valence-electron chi connectivity index (χ2n) is 4.23. The van der Waals surface area contributed by atoms with Gasteiger partial charge in [0.25, 0.3) is 0 Å². The lowest BCUT2D eigenvalue weighted by molar-refractivity contribution is 0.598. The van der Waals surface area contributed by atoms with Gasteiger partial charge in [-0.05, 0) is 18.9 Å². The molecule has 0 aliphatic rings. The molecule has 0 fully saturated rings. The summed E-state index contributed by atoms with van der Waals surface area (Å²) < 4.78 is 2.00. The first-order valence-corrected chi connectivity index (χ1v) is 6.11. The second-order valence-corrected chi connectivity index (χ2v) is 4.23. The first-order valence-electron chi connectivity index (χ1n) is 6.11. The fourth-order valence-corrected chi connectivity index (χ4v) is 1.83. The van der Waals surface area contributed by atoms with E-state index in [2.05, 4.69) is 47.8 Å². The lowest BCUT2D eigenvalue weighted by Gasteiger charge is -2.04. The highest BCUT2D eigenvalue weighted by Crippen LogP contribution is 2.14. The number of aryl methyl sites for hydroxylation is 2. The molecule has 0 unspecified atom stereocenters. The number of halogens is 1. The summed E-state index contributed by atoms with van der Waals surface area (Å²) in [6.45, 7) is 6.03. The van der Waals surface area contributed by atoms with Gasteiger partial charge < -0.3 is 5.32 Å². The van der Waals surface area contributed by atoms with Gasteiger partial charge in [-0.3, -0.25) is 4.68 Å². The molecule has 3 nitrogen and oxygen atoms in total. The van der Waals surface area contributed by atoms with Crippen LogP contribution in [0.4, 0.5) is 5.69 Å². The van der Waals surface area contributed by atoms with Crippen LogP contribution in [0.5, 0.6) is 0 Å². The average molecular weight is 266 g/mol. The van der Waals surface area contributed by atoms with Crippen LogP contribution in [-0.2, 0) is 13.1 Å². The van der Waals surface area contributed by atoms with Crippen molar-refractivity contribution in [2.24, 2.45) is 0 Å². The number of nitrogens with zero attached hydrogens (tertiary/aromatic N) is 2. The summed E-state index contributed by atoms with van der Waals surface area (Å²) in [6, 6.07) is 10.4. The van der Waals surface area contributed by atoms with E-state index in [1.54, 1.807) is 0 Å². The fourth-order valence-electron chi connectivity index (χ4n) is 1.83. The maximum absolute atomic E-state index is 4.47. The van der Waals surface area contributed by atoms with Gasteiger partial charge in [-0.15, -0.1) is 12.4 Å². The predicted octanol–water partition coefficient (Wildman–Crippen LogP) is 3.64. The molecule has 1 N–H and O–H groups in total. The van der Waals surface area contributed by atoms with Crippen LogP contribution in [0.1, 0.15) is 24.6 Å². The van der Waals surface area contributed by atoms with Gasteiger partial charge in [0.15, 0.2) is 0 Å². The standard InChI is InChI=1S/C14H19N3.ClH/c1-3-9-17-11-14(12(2)16-17)15-10-13-7-5-4-6-8-13;/h4-8,11,15H,3,9-10H2,1-2H3;1H. The summed E-state index contributed by atoms with van der Waals surface area (Å²) >= 11 is 0. The first-order chi connectivity index (χ1) is 8.29. The third-order valence-electron chi connectivity index (χ3n) is 2.72. The lowest BCUT2D eigenvalue weighted by atomic mass is 10.2. The summed E-state index contributed by atoms with van der Waals surface area (Å²) in [4.78, 5) is 0. The molecule has 4 heteroatoms. The van der Waals surface area contributed by atoms with Crippen LogP contribution in [0.25, 0.3) is 0 Å². The third-order valence-corrected chi connectivity index (χ3v) is 2.72. The zero-order chi connectivity index (χ0) is 12.1. The Hall–Kier alpha value is -1.48. The topological polar surface area (TPSA) is 29.9 Å². The van der Waals surface area contributed by atoms with Gasteiger partial charge in [0.05, 0.1) is 11.4 Å². The summed E-state index contributed by atoms with van der Waals surface area (Å²) in [5, 5.41) is 7.89. The number of nitrogens with one attached hydrogen (secondary N) is 1. The highest BCUT2D eigenvalue weighted by Gasteiger charge is 2.03. The Balaban J connectivity index is 0.00000162. The Morgan fingerprint density at radius 1 is 1.22 bits per heavy atom. The van der Waals surface area contributed by atoms with Crippen LogP contribution in [-0.4, -0.2) is 9.78 Å². The molecule has 2 aromatic rings. The minimum Gasteiger partial charge on any atom is -0.378 e. The molecule has 0 bridgehead atoms. The van der Waals surface area contributed by atoms with E-state index in [-0.39, 0.29) is 12.4 Å². The lowest BCUT2D eigenvalue weighted by Crippen LogP contribution is -1.99. The van der Waals surface area contributed by atoms with Crippen molar-refractivity contribution < 1.29 is 0 Å². The molecule has 2 rings (SSSR count). The van der Waals surface area contributed by atoms with Crippen molar-refractivity contribution in [3.05, 3.63) is 47.8 Å². The number of rotatable bonds is 5. The summed E-state index contributed by atoms with van der Waals surface area (Å²) in [7, 11) is 0. The maximum atomic E-state index is 4.47. The third kappa shape index (κ3) is 3.77. The molecule has 0 spiro atoms. The highest BCUT2D eigenvalue weighted by atomic mass is 35.5. The Kier molecular flexibility index (Phi) is 5.72. The van der Waals surface area contributed by atoms with Crippen LogP contribution in [0.3, 0.4) is 0 Å². The van der Waals surface area contributed by atoms with Crippen molar-refractivity contribution in [3.8, 4) is 0 Å². The quantitative estimate of drug-likeness (QED) is 0.895. The van der Waals surface area contributed by atoms with E-state index in [1.807, 2.05) is 17.7 Å². The number of hydrogen-bond donors (Lipinski definition) is 1. The van der Waals surface area contributed by atoms with E-state index in [9.17, 15) is 0 Å². The highest BCUT2D eigenvalue weighted by molar-refractivity contribution is 5.85. The molecule has 0 amide bonds. The summed E-state index contributed by atoms with van der Waals surface area (Å²) in [5.74, 6) is 0. The molecule has 0 aliphatic carbocycles. The second kappa shape index (κ2) is 7.07. The van der Waals surface area contributed by atoms with E-state index >= 15 is 0 Å². The molecule has 0 saturated carbocycles. The van der Waals surface area contributed by atoms with Crippen molar-refractivity contribution in [2.75, 3.05) is 5.32 Å². The van der Waals surface area contributed by atoms with Gasteiger partial charge in [0, 0.05) is 19.3 Å². The molecule has 1 aromatic heterocycles. The van der Waals surface area contributed by atoms with Crippen molar-refractivity contribution in [1.29, 1.82) is 0 Å². The van der Waals surface area contributed by atoms with Crippen molar-refractivity contribution in [1.82, 2.24) is 9.78 Å².